The molecule has 1 aliphatic heterocycles. The second-order valence-corrected chi connectivity index (χ2v) is 5.76. The Bertz CT molecular complexity index is 552. The molecule has 20 heavy (non-hydrogen) atoms. The fourth-order valence-corrected chi connectivity index (χ4v) is 2.41. The van der Waals surface area contributed by atoms with Gasteiger partial charge in [-0.05, 0) is 45.4 Å². The first-order valence-corrected chi connectivity index (χ1v) is 6.64. The van der Waals surface area contributed by atoms with Gasteiger partial charge in [-0.25, -0.2) is 0 Å². The molecule has 2 rings (SSSR count). The highest BCUT2D eigenvalue weighted by atomic mass is 16.5. The average Bonchev–Trinajstić information content (AvgIpc) is 2.64. The number of benzene rings is 1. The quantitative estimate of drug-likeness (QED) is 0.809. The van der Waals surface area contributed by atoms with Crippen molar-refractivity contribution in [2.75, 3.05) is 12.4 Å². The first-order chi connectivity index (χ1) is 9.32. The zero-order chi connectivity index (χ0) is 14.9. The maximum absolute atomic E-state index is 11.6. The molecule has 0 aliphatic carbocycles. The summed E-state index contributed by atoms with van der Waals surface area (Å²) in [5.41, 5.74) is 1.48. The number of rotatable bonds is 5. The number of carbonyl (C=O) groups excluding carboxylic acids is 2. The number of imide groups is 1. The Balaban J connectivity index is 2.10. The molecule has 0 spiro atoms. The standard InChI is InChI=1S/C15H20N2O3/c1-9(8-15(2,3)20-4)16-10-5-6-11-12(7-10)14(19)17-13(11)18/h5-7,9,16H,8H2,1-4H3,(H,17,18,19). The van der Waals surface area contributed by atoms with Crippen LogP contribution in [0.25, 0.3) is 0 Å². The van der Waals surface area contributed by atoms with Gasteiger partial charge in [0.1, 0.15) is 0 Å². The van der Waals surface area contributed by atoms with Crippen LogP contribution in [0.1, 0.15) is 47.9 Å². The number of methoxy groups -OCH3 is 1. The first kappa shape index (κ1) is 14.5. The van der Waals surface area contributed by atoms with E-state index in [1.807, 2.05) is 19.9 Å². The van der Waals surface area contributed by atoms with Crippen LogP contribution in [0.3, 0.4) is 0 Å². The monoisotopic (exact) mass is 276 g/mol. The van der Waals surface area contributed by atoms with E-state index in [0.29, 0.717) is 11.1 Å². The number of fused-ring (bicyclic) bond motifs is 1. The van der Waals surface area contributed by atoms with Crippen LogP contribution < -0.4 is 10.6 Å². The number of ether oxygens (including phenoxy) is 1. The van der Waals surface area contributed by atoms with Crippen LogP contribution in [0.2, 0.25) is 0 Å². The summed E-state index contributed by atoms with van der Waals surface area (Å²) < 4.78 is 5.40. The lowest BCUT2D eigenvalue weighted by molar-refractivity contribution is 0.0128. The lowest BCUT2D eigenvalue weighted by Gasteiger charge is -2.27. The van der Waals surface area contributed by atoms with E-state index in [0.717, 1.165) is 12.1 Å². The van der Waals surface area contributed by atoms with Gasteiger partial charge in [0.25, 0.3) is 11.8 Å². The van der Waals surface area contributed by atoms with Crippen LogP contribution in [0.5, 0.6) is 0 Å². The van der Waals surface area contributed by atoms with Crippen molar-refractivity contribution in [2.24, 2.45) is 0 Å². The molecule has 0 fully saturated rings. The summed E-state index contributed by atoms with van der Waals surface area (Å²) in [4.78, 5) is 23.1. The Labute approximate surface area is 118 Å². The molecule has 108 valence electrons. The van der Waals surface area contributed by atoms with E-state index in [-0.39, 0.29) is 23.5 Å². The van der Waals surface area contributed by atoms with Crippen molar-refractivity contribution in [1.82, 2.24) is 5.32 Å². The number of amides is 2. The van der Waals surface area contributed by atoms with Gasteiger partial charge in [-0.2, -0.15) is 0 Å². The fraction of sp³-hybridized carbons (Fsp3) is 0.467. The Morgan fingerprint density at radius 2 is 1.90 bits per heavy atom. The summed E-state index contributed by atoms with van der Waals surface area (Å²) in [6, 6.07) is 5.38. The molecule has 1 aliphatic rings. The van der Waals surface area contributed by atoms with Gasteiger partial charge in [0, 0.05) is 18.8 Å². The second-order valence-electron chi connectivity index (χ2n) is 5.76. The van der Waals surface area contributed by atoms with Crippen molar-refractivity contribution in [3.8, 4) is 0 Å². The molecule has 2 amide bonds. The van der Waals surface area contributed by atoms with Crippen LogP contribution in [-0.2, 0) is 4.74 Å². The normalized spacial score (nSPS) is 15.8. The zero-order valence-corrected chi connectivity index (χ0v) is 12.2. The average molecular weight is 276 g/mol. The second kappa shape index (κ2) is 5.25. The first-order valence-electron chi connectivity index (χ1n) is 6.64. The van der Waals surface area contributed by atoms with E-state index < -0.39 is 0 Å². The molecule has 1 aromatic rings. The molecule has 2 N–H and O–H groups in total. The van der Waals surface area contributed by atoms with Gasteiger partial charge < -0.3 is 10.1 Å². The predicted molar refractivity (Wildman–Crippen MR) is 77.0 cm³/mol. The van der Waals surface area contributed by atoms with Crippen molar-refractivity contribution in [1.29, 1.82) is 0 Å². The molecule has 0 saturated carbocycles. The van der Waals surface area contributed by atoms with E-state index in [9.17, 15) is 9.59 Å². The van der Waals surface area contributed by atoms with Gasteiger partial charge in [0.2, 0.25) is 0 Å². The van der Waals surface area contributed by atoms with Gasteiger partial charge in [-0.15, -0.1) is 0 Å². The SMILES string of the molecule is COC(C)(C)CC(C)Nc1ccc2c(c1)C(=O)NC2=O. The Kier molecular flexibility index (Phi) is 3.81. The predicted octanol–water partition coefficient (Wildman–Crippen LogP) is 2.19. The number of hydrogen-bond acceptors (Lipinski definition) is 4. The van der Waals surface area contributed by atoms with Crippen molar-refractivity contribution < 1.29 is 14.3 Å². The van der Waals surface area contributed by atoms with Crippen LogP contribution in [0.4, 0.5) is 5.69 Å². The van der Waals surface area contributed by atoms with E-state index in [1.54, 1.807) is 19.2 Å². The third-order valence-electron chi connectivity index (χ3n) is 3.50. The van der Waals surface area contributed by atoms with Crippen LogP contribution in [0.15, 0.2) is 18.2 Å². The summed E-state index contributed by atoms with van der Waals surface area (Å²) in [5.74, 6) is -0.663. The van der Waals surface area contributed by atoms with Gasteiger partial charge in [0.05, 0.1) is 16.7 Å². The molecule has 5 nitrogen and oxygen atoms in total. The van der Waals surface area contributed by atoms with Crippen LogP contribution >= 0.6 is 0 Å². The number of carbonyl (C=O) groups is 2. The lowest BCUT2D eigenvalue weighted by atomic mass is 9.99. The van der Waals surface area contributed by atoms with E-state index >= 15 is 0 Å². The molecular formula is C15H20N2O3. The molecule has 0 aromatic heterocycles. The van der Waals surface area contributed by atoms with Crippen LogP contribution in [-0.4, -0.2) is 30.6 Å². The molecule has 5 heteroatoms. The molecular weight excluding hydrogens is 256 g/mol. The largest absolute Gasteiger partial charge is 0.382 e. The Hall–Kier alpha value is -1.88. The maximum Gasteiger partial charge on any atom is 0.259 e. The Morgan fingerprint density at radius 3 is 2.55 bits per heavy atom. The van der Waals surface area contributed by atoms with Crippen molar-refractivity contribution in [3.63, 3.8) is 0 Å². The van der Waals surface area contributed by atoms with E-state index in [4.69, 9.17) is 4.74 Å². The molecule has 0 saturated heterocycles. The van der Waals surface area contributed by atoms with Gasteiger partial charge in [0.15, 0.2) is 0 Å². The number of anilines is 1. The summed E-state index contributed by atoms with van der Waals surface area (Å²) in [6.07, 6.45) is 0.825. The van der Waals surface area contributed by atoms with Crippen molar-refractivity contribution in [2.45, 2.75) is 38.8 Å². The van der Waals surface area contributed by atoms with Crippen molar-refractivity contribution in [3.05, 3.63) is 29.3 Å². The molecule has 1 unspecified atom stereocenters. The summed E-state index contributed by atoms with van der Waals surface area (Å²) >= 11 is 0. The third kappa shape index (κ3) is 2.99. The highest BCUT2D eigenvalue weighted by Gasteiger charge is 2.27. The third-order valence-corrected chi connectivity index (χ3v) is 3.50. The fourth-order valence-electron chi connectivity index (χ4n) is 2.41. The van der Waals surface area contributed by atoms with Gasteiger partial charge in [-0.1, -0.05) is 0 Å². The summed E-state index contributed by atoms with van der Waals surface area (Å²) in [6.45, 7) is 6.11. The minimum atomic E-state index is -0.335. The lowest BCUT2D eigenvalue weighted by Crippen LogP contribution is -2.31. The molecule has 0 bridgehead atoms. The highest BCUT2D eigenvalue weighted by Crippen LogP contribution is 2.23. The van der Waals surface area contributed by atoms with Gasteiger partial charge in [-0.3, -0.25) is 14.9 Å². The maximum atomic E-state index is 11.6. The molecule has 0 radical (unpaired) electrons. The number of nitrogens with one attached hydrogen (secondary N) is 2. The van der Waals surface area contributed by atoms with E-state index in [1.165, 1.54) is 0 Å². The van der Waals surface area contributed by atoms with Crippen LogP contribution in [0, 0.1) is 0 Å². The molecule has 1 atom stereocenters. The summed E-state index contributed by atoms with van der Waals surface area (Å²) in [5, 5.41) is 5.61. The minimum Gasteiger partial charge on any atom is -0.382 e. The highest BCUT2D eigenvalue weighted by molar-refractivity contribution is 6.21. The summed E-state index contributed by atoms with van der Waals surface area (Å²) in [7, 11) is 1.69. The van der Waals surface area contributed by atoms with Gasteiger partial charge >= 0.3 is 0 Å². The minimum absolute atomic E-state index is 0.183. The number of hydrogen-bond donors (Lipinski definition) is 2. The Morgan fingerprint density at radius 1 is 1.25 bits per heavy atom. The topological polar surface area (TPSA) is 67.4 Å². The smallest absolute Gasteiger partial charge is 0.259 e. The molecule has 1 aromatic carbocycles. The van der Waals surface area contributed by atoms with E-state index in [2.05, 4.69) is 17.6 Å². The van der Waals surface area contributed by atoms with Crippen molar-refractivity contribution >= 4 is 17.5 Å². The molecule has 1 heterocycles. The zero-order valence-electron chi connectivity index (χ0n) is 12.2.